The first-order valence-corrected chi connectivity index (χ1v) is 3.11. The Morgan fingerprint density at radius 3 is 1.88 bits per heavy atom. The van der Waals surface area contributed by atoms with Gasteiger partial charge < -0.3 is 0 Å². The van der Waals surface area contributed by atoms with Crippen LogP contribution >= 0.6 is 0 Å². The predicted octanol–water partition coefficient (Wildman–Crippen LogP) is 2.12. The van der Waals surface area contributed by atoms with Crippen molar-refractivity contribution >= 4 is 0 Å². The van der Waals surface area contributed by atoms with Crippen LogP contribution in [0.1, 0.15) is 25.7 Å². The van der Waals surface area contributed by atoms with E-state index in [1.165, 1.54) is 0 Å². The van der Waals surface area contributed by atoms with Crippen molar-refractivity contribution in [2.75, 3.05) is 0 Å². The monoisotopic (exact) mass is 106 g/mol. The molecule has 0 N–H and O–H groups in total. The van der Waals surface area contributed by atoms with Crippen LogP contribution < -0.4 is 0 Å². The first kappa shape index (κ1) is 5.44. The highest BCUT2D eigenvalue weighted by molar-refractivity contribution is 5.04. The molecule has 0 fully saturated rings. The van der Waals surface area contributed by atoms with Gasteiger partial charge in [-0.05, 0) is 12.8 Å². The molecule has 0 aromatic rings. The van der Waals surface area contributed by atoms with E-state index in [9.17, 15) is 0 Å². The quantitative estimate of drug-likeness (QED) is 0.328. The summed E-state index contributed by atoms with van der Waals surface area (Å²) in [4.78, 5) is 0. The van der Waals surface area contributed by atoms with Crippen LogP contribution in [0.25, 0.3) is 0 Å². The minimum atomic E-state index is 1.05. The Kier molecular flexibility index (Phi) is 2.26. The molecule has 1 rings (SSSR count). The largest absolute Gasteiger partial charge is 0.103 e. The van der Waals surface area contributed by atoms with E-state index in [0.29, 0.717) is 0 Å². The van der Waals surface area contributed by atoms with Gasteiger partial charge in [0.1, 0.15) is 0 Å². The van der Waals surface area contributed by atoms with Crippen LogP contribution in [-0.4, -0.2) is 0 Å². The molecule has 8 heavy (non-hydrogen) atoms. The molecule has 0 aliphatic heterocycles. The van der Waals surface area contributed by atoms with Crippen LogP contribution in [0.3, 0.4) is 0 Å². The Morgan fingerprint density at radius 2 is 1.38 bits per heavy atom. The van der Waals surface area contributed by atoms with Gasteiger partial charge in [-0.25, -0.2) is 0 Å². The van der Waals surface area contributed by atoms with E-state index in [1.807, 2.05) is 0 Å². The molecule has 1 aliphatic carbocycles. The molecular weight excluding hydrogens is 96.1 g/mol. The molecule has 0 radical (unpaired) electrons. The van der Waals surface area contributed by atoms with Crippen molar-refractivity contribution in [2.24, 2.45) is 0 Å². The zero-order chi connectivity index (χ0) is 5.66. The molecule has 0 unspecified atom stereocenters. The zero-order valence-corrected chi connectivity index (χ0v) is 4.98. The highest BCUT2D eigenvalue weighted by atomic mass is 13.9. The predicted molar refractivity (Wildman–Crippen MR) is 35.4 cm³/mol. The molecule has 0 atom stereocenters. The van der Waals surface area contributed by atoms with Crippen LogP contribution in [0, 0.1) is 11.8 Å². The molecule has 0 aromatic heterocycles. The molecule has 0 saturated heterocycles. The van der Waals surface area contributed by atoms with E-state index in [2.05, 4.69) is 24.0 Å². The summed E-state index contributed by atoms with van der Waals surface area (Å²) in [6.07, 6.45) is 8.83. The van der Waals surface area contributed by atoms with Crippen LogP contribution in [0.15, 0.2) is 12.2 Å². The van der Waals surface area contributed by atoms with E-state index in [1.54, 1.807) is 0 Å². The maximum absolute atomic E-state index is 3.09. The molecular formula is C8H10. The Labute approximate surface area is 50.6 Å². The standard InChI is InChI=1S/C8H10/c1-2-4-6-8-7-5-3-1/h1-2H,3-6H2. The van der Waals surface area contributed by atoms with Crippen molar-refractivity contribution in [2.45, 2.75) is 25.7 Å². The fraction of sp³-hybridized carbons (Fsp3) is 0.500. The highest BCUT2D eigenvalue weighted by Gasteiger charge is 1.80. The van der Waals surface area contributed by atoms with E-state index >= 15 is 0 Å². The lowest BCUT2D eigenvalue weighted by atomic mass is 10.2. The van der Waals surface area contributed by atoms with Gasteiger partial charge in [0.25, 0.3) is 0 Å². The Balaban J connectivity index is 2.36. The van der Waals surface area contributed by atoms with E-state index in [0.717, 1.165) is 25.7 Å². The molecule has 0 bridgehead atoms. The lowest BCUT2D eigenvalue weighted by Gasteiger charge is -1.88. The van der Waals surface area contributed by atoms with E-state index in [-0.39, 0.29) is 0 Å². The SMILES string of the molecule is C1#CCCC=CCC1. The summed E-state index contributed by atoms with van der Waals surface area (Å²) >= 11 is 0. The Morgan fingerprint density at radius 1 is 0.875 bits per heavy atom. The van der Waals surface area contributed by atoms with Gasteiger partial charge in [-0.1, -0.05) is 12.2 Å². The van der Waals surface area contributed by atoms with Gasteiger partial charge in [0.05, 0.1) is 0 Å². The molecule has 0 spiro atoms. The van der Waals surface area contributed by atoms with Crippen molar-refractivity contribution in [3.63, 3.8) is 0 Å². The Bertz CT molecular complexity index is 118. The van der Waals surface area contributed by atoms with Gasteiger partial charge in [0.15, 0.2) is 0 Å². The van der Waals surface area contributed by atoms with Crippen molar-refractivity contribution in [1.82, 2.24) is 0 Å². The van der Waals surface area contributed by atoms with Crippen molar-refractivity contribution < 1.29 is 0 Å². The fourth-order valence-corrected chi connectivity index (χ4v) is 0.723. The third-order valence-corrected chi connectivity index (χ3v) is 1.16. The Hall–Kier alpha value is -0.700. The first-order valence-electron chi connectivity index (χ1n) is 3.11. The molecule has 0 amide bonds. The second-order valence-electron chi connectivity index (χ2n) is 1.90. The van der Waals surface area contributed by atoms with Crippen molar-refractivity contribution in [3.05, 3.63) is 12.2 Å². The maximum atomic E-state index is 3.09. The average molecular weight is 106 g/mol. The van der Waals surface area contributed by atoms with Crippen LogP contribution in [-0.2, 0) is 0 Å². The summed E-state index contributed by atoms with van der Waals surface area (Å²) < 4.78 is 0. The van der Waals surface area contributed by atoms with Gasteiger partial charge >= 0.3 is 0 Å². The van der Waals surface area contributed by atoms with Crippen LogP contribution in [0.2, 0.25) is 0 Å². The third-order valence-electron chi connectivity index (χ3n) is 1.16. The molecule has 42 valence electrons. The fourth-order valence-electron chi connectivity index (χ4n) is 0.723. The van der Waals surface area contributed by atoms with Crippen LogP contribution in [0.4, 0.5) is 0 Å². The average Bonchev–Trinajstić information content (AvgIpc) is 1.62. The second-order valence-corrected chi connectivity index (χ2v) is 1.90. The molecule has 0 saturated carbocycles. The summed E-state index contributed by atoms with van der Waals surface area (Å²) in [5.41, 5.74) is 0. The number of allylic oxidation sites excluding steroid dienone is 2. The highest BCUT2D eigenvalue weighted by Crippen LogP contribution is 1.97. The normalized spacial score (nSPS) is 18.0. The third kappa shape index (κ3) is 1.84. The molecule has 1 aliphatic rings. The van der Waals surface area contributed by atoms with E-state index in [4.69, 9.17) is 0 Å². The zero-order valence-electron chi connectivity index (χ0n) is 4.98. The first-order chi connectivity index (χ1) is 4.00. The minimum absolute atomic E-state index is 1.05. The van der Waals surface area contributed by atoms with Gasteiger partial charge in [0, 0.05) is 12.8 Å². The topological polar surface area (TPSA) is 0 Å². The summed E-state index contributed by atoms with van der Waals surface area (Å²) in [5.74, 6) is 6.17. The van der Waals surface area contributed by atoms with Crippen LogP contribution in [0.5, 0.6) is 0 Å². The van der Waals surface area contributed by atoms with Crippen molar-refractivity contribution in [1.29, 1.82) is 0 Å². The lowest BCUT2D eigenvalue weighted by Crippen LogP contribution is -1.72. The molecule has 0 nitrogen and oxygen atoms in total. The summed E-state index contributed by atoms with van der Waals surface area (Å²) in [6, 6.07) is 0. The lowest BCUT2D eigenvalue weighted by molar-refractivity contribution is 1.01. The molecule has 0 heterocycles. The molecule has 0 heteroatoms. The minimum Gasteiger partial charge on any atom is -0.103 e. The second kappa shape index (κ2) is 3.32. The van der Waals surface area contributed by atoms with Crippen molar-refractivity contribution in [3.8, 4) is 11.8 Å². The van der Waals surface area contributed by atoms with Gasteiger partial charge in [-0.3, -0.25) is 0 Å². The van der Waals surface area contributed by atoms with Gasteiger partial charge in [-0.15, -0.1) is 11.8 Å². The smallest absolute Gasteiger partial charge is 0.0123 e. The van der Waals surface area contributed by atoms with Gasteiger partial charge in [0.2, 0.25) is 0 Å². The maximum Gasteiger partial charge on any atom is 0.0123 e. The summed E-state index contributed by atoms with van der Waals surface area (Å²) in [7, 11) is 0. The molecule has 0 aromatic carbocycles. The number of rotatable bonds is 0. The summed E-state index contributed by atoms with van der Waals surface area (Å²) in [5, 5.41) is 0. The van der Waals surface area contributed by atoms with E-state index < -0.39 is 0 Å². The van der Waals surface area contributed by atoms with Gasteiger partial charge in [-0.2, -0.15) is 0 Å². The summed E-state index contributed by atoms with van der Waals surface area (Å²) in [6.45, 7) is 0. The number of hydrogen-bond donors (Lipinski definition) is 0. The number of hydrogen-bond acceptors (Lipinski definition) is 0.